The summed E-state index contributed by atoms with van der Waals surface area (Å²) in [5.74, 6) is -0.443. The van der Waals surface area contributed by atoms with Gasteiger partial charge in [-0.25, -0.2) is 4.79 Å². The molecule has 6 nitrogen and oxygen atoms in total. The summed E-state index contributed by atoms with van der Waals surface area (Å²) in [4.78, 5) is 16.6. The van der Waals surface area contributed by atoms with Crippen LogP contribution in [0.1, 0.15) is 16.7 Å². The van der Waals surface area contributed by atoms with Crippen molar-refractivity contribution in [2.24, 2.45) is 5.16 Å². The van der Waals surface area contributed by atoms with Gasteiger partial charge in [0.25, 0.3) is 0 Å². The van der Waals surface area contributed by atoms with Gasteiger partial charge >= 0.3 is 5.97 Å². The standard InChI is InChI=1S/C19H19NO5/c1-23-12-17(19(21)22)15-9-4-5-10-16(15)18(20-25-3)13-7-6-8-14(11-13)24-2/h4-12H,1-3H3,(H,21,22)/b17-12+,20-18+. The second-order valence-electron chi connectivity index (χ2n) is 4.97. The largest absolute Gasteiger partial charge is 0.503 e. The van der Waals surface area contributed by atoms with Crippen molar-refractivity contribution in [1.29, 1.82) is 0 Å². The number of benzene rings is 2. The molecule has 2 aromatic rings. The van der Waals surface area contributed by atoms with Crippen molar-refractivity contribution in [2.75, 3.05) is 21.3 Å². The van der Waals surface area contributed by atoms with Crippen LogP contribution in [0.25, 0.3) is 5.57 Å². The molecule has 0 amide bonds. The summed E-state index contributed by atoms with van der Waals surface area (Å²) >= 11 is 0. The topological polar surface area (TPSA) is 77.4 Å². The number of carbonyl (C=O) groups is 1. The fourth-order valence-corrected chi connectivity index (χ4v) is 2.39. The number of methoxy groups -OCH3 is 2. The average molecular weight is 341 g/mol. The zero-order valence-electron chi connectivity index (χ0n) is 14.2. The number of carboxylic acid groups (broad SMARTS) is 1. The van der Waals surface area contributed by atoms with E-state index < -0.39 is 5.97 Å². The third kappa shape index (κ3) is 4.17. The minimum Gasteiger partial charge on any atom is -0.503 e. The molecule has 6 heteroatoms. The molecular formula is C19H19NO5. The molecule has 0 radical (unpaired) electrons. The first-order valence-electron chi connectivity index (χ1n) is 7.44. The molecule has 0 spiro atoms. The molecule has 0 aromatic heterocycles. The van der Waals surface area contributed by atoms with Gasteiger partial charge in [-0.05, 0) is 12.1 Å². The second kappa shape index (κ2) is 8.54. The number of hydrogen-bond acceptors (Lipinski definition) is 5. The summed E-state index contributed by atoms with van der Waals surface area (Å²) < 4.78 is 10.2. The van der Waals surface area contributed by atoms with Gasteiger partial charge in [0.2, 0.25) is 0 Å². The lowest BCUT2D eigenvalue weighted by molar-refractivity contribution is -0.130. The molecule has 0 saturated heterocycles. The van der Waals surface area contributed by atoms with Crippen LogP contribution in [-0.2, 0) is 14.4 Å². The summed E-state index contributed by atoms with van der Waals surface area (Å²) in [7, 11) is 4.41. The summed E-state index contributed by atoms with van der Waals surface area (Å²) in [6, 6.07) is 14.3. The second-order valence-corrected chi connectivity index (χ2v) is 4.97. The molecule has 2 rings (SSSR count). The molecule has 0 atom stereocenters. The van der Waals surface area contributed by atoms with E-state index in [1.165, 1.54) is 20.5 Å². The molecule has 2 aromatic carbocycles. The van der Waals surface area contributed by atoms with E-state index in [-0.39, 0.29) is 5.57 Å². The molecule has 0 aliphatic heterocycles. The van der Waals surface area contributed by atoms with Crippen molar-refractivity contribution in [3.63, 3.8) is 0 Å². The summed E-state index contributed by atoms with van der Waals surface area (Å²) in [6.07, 6.45) is 1.19. The number of hydrogen-bond donors (Lipinski definition) is 1. The molecule has 0 heterocycles. The van der Waals surface area contributed by atoms with Gasteiger partial charge in [-0.1, -0.05) is 41.6 Å². The van der Waals surface area contributed by atoms with Crippen molar-refractivity contribution in [3.8, 4) is 5.75 Å². The smallest absolute Gasteiger partial charge is 0.339 e. The van der Waals surface area contributed by atoms with E-state index in [0.717, 1.165) is 5.56 Å². The Morgan fingerprint density at radius 1 is 1.04 bits per heavy atom. The van der Waals surface area contributed by atoms with Crippen LogP contribution in [0.5, 0.6) is 5.75 Å². The fraction of sp³-hybridized carbons (Fsp3) is 0.158. The maximum atomic E-state index is 11.6. The van der Waals surface area contributed by atoms with Gasteiger partial charge in [0.1, 0.15) is 24.1 Å². The van der Waals surface area contributed by atoms with Gasteiger partial charge < -0.3 is 19.4 Å². The quantitative estimate of drug-likeness (QED) is 0.362. The van der Waals surface area contributed by atoms with E-state index in [2.05, 4.69) is 5.16 Å². The van der Waals surface area contributed by atoms with Crippen molar-refractivity contribution in [2.45, 2.75) is 0 Å². The van der Waals surface area contributed by atoms with Crippen LogP contribution in [0.3, 0.4) is 0 Å². The molecule has 0 aliphatic carbocycles. The number of rotatable bonds is 7. The monoisotopic (exact) mass is 341 g/mol. The van der Waals surface area contributed by atoms with E-state index in [1.807, 2.05) is 18.2 Å². The van der Waals surface area contributed by atoms with Gasteiger partial charge in [0.05, 0.1) is 20.5 Å². The van der Waals surface area contributed by atoms with Crippen LogP contribution in [-0.4, -0.2) is 38.1 Å². The zero-order valence-corrected chi connectivity index (χ0v) is 14.2. The van der Waals surface area contributed by atoms with Crippen molar-refractivity contribution in [3.05, 3.63) is 71.5 Å². The van der Waals surface area contributed by atoms with Gasteiger partial charge in [0.15, 0.2) is 0 Å². The van der Waals surface area contributed by atoms with Crippen LogP contribution in [0.15, 0.2) is 59.9 Å². The number of oxime groups is 1. The third-order valence-electron chi connectivity index (χ3n) is 3.46. The molecule has 25 heavy (non-hydrogen) atoms. The average Bonchev–Trinajstić information content (AvgIpc) is 2.64. The summed E-state index contributed by atoms with van der Waals surface area (Å²) in [6.45, 7) is 0. The van der Waals surface area contributed by atoms with Crippen molar-refractivity contribution >= 4 is 17.3 Å². The number of nitrogens with zero attached hydrogens (tertiary/aromatic N) is 1. The van der Waals surface area contributed by atoms with E-state index in [0.29, 0.717) is 22.6 Å². The molecule has 0 saturated carbocycles. The maximum Gasteiger partial charge on any atom is 0.339 e. The van der Waals surface area contributed by atoms with Crippen LogP contribution in [0, 0.1) is 0 Å². The highest BCUT2D eigenvalue weighted by atomic mass is 16.6. The van der Waals surface area contributed by atoms with Gasteiger partial charge in [-0.15, -0.1) is 0 Å². The van der Waals surface area contributed by atoms with E-state index in [1.54, 1.807) is 37.4 Å². The van der Waals surface area contributed by atoms with Crippen LogP contribution in [0.2, 0.25) is 0 Å². The first kappa shape index (κ1) is 18.1. The highest BCUT2D eigenvalue weighted by Crippen LogP contribution is 2.25. The summed E-state index contributed by atoms with van der Waals surface area (Å²) in [5, 5.41) is 13.6. The SMILES string of the molecule is CO/C=C(/C(=O)O)c1ccccc1/C(=N/OC)c1cccc(OC)c1. The first-order valence-corrected chi connectivity index (χ1v) is 7.44. The molecule has 0 aliphatic rings. The van der Waals surface area contributed by atoms with E-state index in [4.69, 9.17) is 14.3 Å². The molecule has 0 fully saturated rings. The van der Waals surface area contributed by atoms with Crippen LogP contribution >= 0.6 is 0 Å². The van der Waals surface area contributed by atoms with Crippen LogP contribution in [0.4, 0.5) is 0 Å². The molecular weight excluding hydrogens is 322 g/mol. The zero-order chi connectivity index (χ0) is 18.2. The third-order valence-corrected chi connectivity index (χ3v) is 3.46. The predicted molar refractivity (Wildman–Crippen MR) is 94.7 cm³/mol. The lowest BCUT2D eigenvalue weighted by Gasteiger charge is -2.13. The minimum absolute atomic E-state index is 0.0183. The minimum atomic E-state index is -1.10. The molecule has 130 valence electrons. The van der Waals surface area contributed by atoms with Crippen molar-refractivity contribution < 1.29 is 24.2 Å². The summed E-state index contributed by atoms with van der Waals surface area (Å²) in [5.41, 5.74) is 2.31. The molecule has 1 N–H and O–H groups in total. The Bertz CT molecular complexity index is 811. The Kier molecular flexibility index (Phi) is 6.17. The Hall–Kier alpha value is -3.28. The Labute approximate surface area is 145 Å². The van der Waals surface area contributed by atoms with Crippen molar-refractivity contribution in [1.82, 2.24) is 0 Å². The number of aliphatic carboxylic acids is 1. The molecule has 0 unspecified atom stereocenters. The first-order chi connectivity index (χ1) is 12.1. The Balaban J connectivity index is 2.66. The van der Waals surface area contributed by atoms with Gasteiger partial charge in [-0.2, -0.15) is 0 Å². The number of ether oxygens (including phenoxy) is 2. The Morgan fingerprint density at radius 2 is 1.76 bits per heavy atom. The van der Waals surface area contributed by atoms with Crippen LogP contribution < -0.4 is 4.74 Å². The highest BCUT2D eigenvalue weighted by Gasteiger charge is 2.19. The highest BCUT2D eigenvalue weighted by molar-refractivity contribution is 6.22. The predicted octanol–water partition coefficient (Wildman–Crippen LogP) is 3.17. The lowest BCUT2D eigenvalue weighted by atomic mass is 9.93. The normalized spacial score (nSPS) is 11.8. The van der Waals surface area contributed by atoms with E-state index >= 15 is 0 Å². The van der Waals surface area contributed by atoms with Gasteiger partial charge in [0, 0.05) is 16.7 Å². The van der Waals surface area contributed by atoms with Gasteiger partial charge in [-0.3, -0.25) is 0 Å². The fourth-order valence-electron chi connectivity index (χ4n) is 2.39. The Morgan fingerprint density at radius 3 is 2.36 bits per heavy atom. The molecule has 0 bridgehead atoms. The van der Waals surface area contributed by atoms with E-state index in [9.17, 15) is 9.90 Å². The lowest BCUT2D eigenvalue weighted by Crippen LogP contribution is -2.11. The number of carboxylic acids is 1. The maximum absolute atomic E-state index is 11.6.